The average molecular weight is 188 g/mol. The molecule has 6 atom stereocenters. The van der Waals surface area contributed by atoms with Gasteiger partial charge in [0.05, 0.1) is 0 Å². The lowest BCUT2D eigenvalue weighted by Gasteiger charge is -2.30. The van der Waals surface area contributed by atoms with Crippen molar-refractivity contribution in [1.29, 1.82) is 0 Å². The molecule has 0 N–H and O–H groups in total. The van der Waals surface area contributed by atoms with Gasteiger partial charge in [-0.25, -0.2) is 0 Å². The molecule has 1 nitrogen and oxygen atoms in total. The summed E-state index contributed by atoms with van der Waals surface area (Å²) >= 11 is 0. The number of hydrogen-bond acceptors (Lipinski definition) is 1. The van der Waals surface area contributed by atoms with Gasteiger partial charge < -0.3 is 0 Å². The van der Waals surface area contributed by atoms with Crippen molar-refractivity contribution in [3.05, 3.63) is 12.2 Å². The molecule has 0 aromatic heterocycles. The summed E-state index contributed by atoms with van der Waals surface area (Å²) in [7, 11) is 0. The molecule has 0 spiro atoms. The van der Waals surface area contributed by atoms with Crippen molar-refractivity contribution < 1.29 is 4.79 Å². The highest BCUT2D eigenvalue weighted by Crippen LogP contribution is 2.77. The molecule has 3 saturated carbocycles. The molecule has 0 aromatic rings. The van der Waals surface area contributed by atoms with Gasteiger partial charge in [-0.3, -0.25) is 4.79 Å². The van der Waals surface area contributed by atoms with E-state index in [1.807, 2.05) is 0 Å². The summed E-state index contributed by atoms with van der Waals surface area (Å²) < 4.78 is 0. The number of ketones is 1. The molecule has 0 amide bonds. The first-order valence-corrected chi connectivity index (χ1v) is 5.85. The summed E-state index contributed by atoms with van der Waals surface area (Å²) in [5.74, 6) is 4.93. The highest BCUT2D eigenvalue weighted by molar-refractivity contribution is 5.93. The fraction of sp³-hybridized carbons (Fsp3) is 0.769. The topological polar surface area (TPSA) is 17.1 Å². The van der Waals surface area contributed by atoms with Gasteiger partial charge in [-0.1, -0.05) is 26.0 Å². The first-order valence-electron chi connectivity index (χ1n) is 5.85. The monoisotopic (exact) mass is 188 g/mol. The maximum atomic E-state index is 12.1. The number of hydrogen-bond donors (Lipinski definition) is 0. The van der Waals surface area contributed by atoms with Crippen LogP contribution in [0.4, 0.5) is 0 Å². The lowest BCUT2D eigenvalue weighted by molar-refractivity contribution is -0.128. The van der Waals surface area contributed by atoms with Gasteiger partial charge >= 0.3 is 0 Å². The van der Waals surface area contributed by atoms with Crippen LogP contribution in [-0.4, -0.2) is 5.78 Å². The van der Waals surface area contributed by atoms with Crippen molar-refractivity contribution >= 4 is 5.78 Å². The van der Waals surface area contributed by atoms with Gasteiger partial charge in [0.2, 0.25) is 0 Å². The predicted octanol–water partition coefficient (Wildman–Crippen LogP) is 2.28. The lowest BCUT2D eigenvalue weighted by Crippen LogP contribution is -2.31. The zero-order chi connectivity index (χ0) is 9.66. The van der Waals surface area contributed by atoms with Crippen molar-refractivity contribution in [3.63, 3.8) is 0 Å². The Bertz CT molecular complexity index is 365. The Morgan fingerprint density at radius 1 is 1.36 bits per heavy atom. The first-order chi connectivity index (χ1) is 6.64. The van der Waals surface area contributed by atoms with Crippen molar-refractivity contribution in [3.8, 4) is 0 Å². The largest absolute Gasteiger partial charge is 0.299 e. The van der Waals surface area contributed by atoms with E-state index >= 15 is 0 Å². The Labute approximate surface area is 84.6 Å². The summed E-state index contributed by atoms with van der Waals surface area (Å²) in [4.78, 5) is 12.1. The zero-order valence-corrected chi connectivity index (χ0v) is 8.73. The number of allylic oxidation sites excluding steroid dienone is 2. The van der Waals surface area contributed by atoms with Crippen molar-refractivity contribution in [2.45, 2.75) is 20.3 Å². The Hall–Kier alpha value is -0.590. The van der Waals surface area contributed by atoms with E-state index in [-0.39, 0.29) is 5.41 Å². The minimum absolute atomic E-state index is 0.00271. The molecule has 0 bridgehead atoms. The van der Waals surface area contributed by atoms with Crippen LogP contribution in [-0.2, 0) is 4.79 Å². The smallest absolute Gasteiger partial charge is 0.142 e. The second-order valence-electron chi connectivity index (χ2n) is 6.20. The zero-order valence-electron chi connectivity index (χ0n) is 8.73. The number of rotatable bonds is 0. The summed E-state index contributed by atoms with van der Waals surface area (Å²) in [5, 5.41) is 0. The Balaban J connectivity index is 1.85. The molecule has 0 heterocycles. The van der Waals surface area contributed by atoms with Crippen LogP contribution in [0, 0.1) is 40.9 Å². The third-order valence-electron chi connectivity index (χ3n) is 5.49. The molecule has 4 rings (SSSR count). The summed E-state index contributed by atoms with van der Waals surface area (Å²) in [6, 6.07) is 0. The molecule has 2 unspecified atom stereocenters. The average Bonchev–Trinajstić information content (AvgIpc) is 2.49. The van der Waals surface area contributed by atoms with E-state index in [1.165, 1.54) is 6.42 Å². The van der Waals surface area contributed by atoms with E-state index in [1.54, 1.807) is 0 Å². The van der Waals surface area contributed by atoms with Gasteiger partial charge in [0.25, 0.3) is 0 Å². The molecule has 14 heavy (non-hydrogen) atoms. The van der Waals surface area contributed by atoms with E-state index in [0.717, 1.165) is 23.7 Å². The molecule has 1 heteroatoms. The van der Waals surface area contributed by atoms with Crippen molar-refractivity contribution in [2.75, 3.05) is 0 Å². The fourth-order valence-electron chi connectivity index (χ4n) is 5.06. The van der Waals surface area contributed by atoms with Crippen LogP contribution >= 0.6 is 0 Å². The summed E-state index contributed by atoms with van der Waals surface area (Å²) in [5.41, 5.74) is -0.00271. The summed E-state index contributed by atoms with van der Waals surface area (Å²) in [6.45, 7) is 4.37. The van der Waals surface area contributed by atoms with Gasteiger partial charge in [-0.15, -0.1) is 0 Å². The molecule has 74 valence electrons. The molecule has 3 fully saturated rings. The molecule has 0 saturated heterocycles. The van der Waals surface area contributed by atoms with E-state index in [2.05, 4.69) is 26.0 Å². The van der Waals surface area contributed by atoms with E-state index in [9.17, 15) is 4.79 Å². The number of fused-ring (bicyclic) bond motifs is 4. The highest BCUT2D eigenvalue weighted by atomic mass is 16.1. The van der Waals surface area contributed by atoms with Crippen LogP contribution in [0.25, 0.3) is 0 Å². The highest BCUT2D eigenvalue weighted by Gasteiger charge is 2.78. The van der Waals surface area contributed by atoms with Crippen LogP contribution in [0.3, 0.4) is 0 Å². The van der Waals surface area contributed by atoms with E-state index in [0.29, 0.717) is 17.6 Å². The minimum atomic E-state index is -0.00271. The van der Waals surface area contributed by atoms with Crippen LogP contribution in [0.2, 0.25) is 0 Å². The second-order valence-corrected chi connectivity index (χ2v) is 6.20. The van der Waals surface area contributed by atoms with Crippen LogP contribution in [0.15, 0.2) is 12.2 Å². The number of carbonyl (C=O) groups is 1. The Kier molecular flexibility index (Phi) is 1.02. The van der Waals surface area contributed by atoms with E-state index in [4.69, 9.17) is 0 Å². The van der Waals surface area contributed by atoms with Crippen molar-refractivity contribution in [2.24, 2.45) is 40.9 Å². The standard InChI is InChI=1S/C13H16O/c1-13(2)11-7-5-3-4-6(7)8-9(11)10(8)12(13)14/h3-4,6-11H,5H2,1-2H3/t6-,7+,8?,9-,10?,11-/m1/s1. The van der Waals surface area contributed by atoms with Gasteiger partial charge in [0, 0.05) is 11.3 Å². The van der Waals surface area contributed by atoms with Crippen molar-refractivity contribution in [1.82, 2.24) is 0 Å². The number of carbonyl (C=O) groups excluding carboxylic acids is 1. The maximum Gasteiger partial charge on any atom is 0.142 e. The molecular formula is C13H16O. The fourth-order valence-corrected chi connectivity index (χ4v) is 5.06. The molecule has 0 aromatic carbocycles. The van der Waals surface area contributed by atoms with Gasteiger partial charge in [-0.05, 0) is 36.0 Å². The Morgan fingerprint density at radius 3 is 2.93 bits per heavy atom. The quantitative estimate of drug-likeness (QED) is 0.533. The molecule has 0 aliphatic heterocycles. The molecule has 4 aliphatic carbocycles. The van der Waals surface area contributed by atoms with Crippen LogP contribution in [0.1, 0.15) is 20.3 Å². The second kappa shape index (κ2) is 1.87. The van der Waals surface area contributed by atoms with E-state index < -0.39 is 0 Å². The van der Waals surface area contributed by atoms with Gasteiger partial charge in [0.15, 0.2) is 0 Å². The van der Waals surface area contributed by atoms with Crippen LogP contribution < -0.4 is 0 Å². The minimum Gasteiger partial charge on any atom is -0.299 e. The molecular weight excluding hydrogens is 172 g/mol. The van der Waals surface area contributed by atoms with Crippen LogP contribution in [0.5, 0.6) is 0 Å². The molecule has 0 radical (unpaired) electrons. The third kappa shape index (κ3) is 0.550. The SMILES string of the molecule is CC1(C)C(=O)C2C3[C@H]2[C@H]1[C@H]1CC=C[C@@H]31. The van der Waals surface area contributed by atoms with Gasteiger partial charge in [0.1, 0.15) is 5.78 Å². The number of Topliss-reactive ketones (excluding diaryl/α,β-unsaturated/α-hetero) is 1. The van der Waals surface area contributed by atoms with Gasteiger partial charge in [-0.2, -0.15) is 0 Å². The lowest BCUT2D eigenvalue weighted by atomic mass is 9.73. The maximum absolute atomic E-state index is 12.1. The first kappa shape index (κ1) is 7.67. The molecule has 4 aliphatic rings. The summed E-state index contributed by atoms with van der Waals surface area (Å²) in [6.07, 6.45) is 5.99. The predicted molar refractivity (Wildman–Crippen MR) is 53.5 cm³/mol. The normalized spacial score (nSPS) is 60.3. The third-order valence-corrected chi connectivity index (χ3v) is 5.49. The Morgan fingerprint density at radius 2 is 2.14 bits per heavy atom.